The van der Waals surface area contributed by atoms with E-state index < -0.39 is 0 Å². The fourth-order valence-electron chi connectivity index (χ4n) is 2.00. The molecule has 0 unspecified atom stereocenters. The van der Waals surface area contributed by atoms with Crippen LogP contribution in [0.4, 0.5) is 0 Å². The number of amides is 2. The number of nitrogens with two attached hydrogens (primary N) is 1. The van der Waals surface area contributed by atoms with Gasteiger partial charge in [0.1, 0.15) is 0 Å². The van der Waals surface area contributed by atoms with E-state index >= 15 is 0 Å². The number of primary amides is 1. The van der Waals surface area contributed by atoms with E-state index in [-0.39, 0.29) is 11.8 Å². The predicted molar refractivity (Wildman–Crippen MR) is 84.1 cm³/mol. The Morgan fingerprint density at radius 2 is 2.15 bits per heavy atom. The van der Waals surface area contributed by atoms with E-state index in [1.54, 1.807) is 12.2 Å². The topological polar surface area (TPSA) is 63.4 Å². The molecule has 0 saturated carbocycles. The molecule has 0 aromatic heterocycles. The lowest BCUT2D eigenvalue weighted by Gasteiger charge is -2.21. The van der Waals surface area contributed by atoms with Crippen LogP contribution < -0.4 is 5.73 Å². The molecule has 0 aromatic rings. The van der Waals surface area contributed by atoms with Crippen LogP contribution >= 0.6 is 15.9 Å². The van der Waals surface area contributed by atoms with Crippen molar-refractivity contribution in [3.05, 3.63) is 34.4 Å². The normalized spacial score (nSPS) is 22.9. The molecule has 0 spiro atoms. The first-order chi connectivity index (χ1) is 9.49. The van der Waals surface area contributed by atoms with Crippen LogP contribution in [0.3, 0.4) is 0 Å². The van der Waals surface area contributed by atoms with Crippen molar-refractivity contribution in [3.63, 3.8) is 0 Å². The molecule has 4 nitrogen and oxygen atoms in total. The fraction of sp³-hybridized carbons (Fsp3) is 0.467. The Hall–Kier alpha value is -1.36. The van der Waals surface area contributed by atoms with E-state index in [0.717, 1.165) is 29.3 Å². The number of allylic oxidation sites excluding steroid dienone is 4. The molecule has 1 aliphatic rings. The minimum Gasteiger partial charge on any atom is -0.370 e. The smallest absolute Gasteiger partial charge is 0.246 e. The van der Waals surface area contributed by atoms with Crippen molar-refractivity contribution in [2.45, 2.75) is 32.6 Å². The van der Waals surface area contributed by atoms with Crippen molar-refractivity contribution in [2.75, 3.05) is 13.1 Å². The molecule has 1 heterocycles. The maximum absolute atomic E-state index is 12.0. The van der Waals surface area contributed by atoms with Crippen molar-refractivity contribution in [1.82, 2.24) is 4.90 Å². The molecular formula is C15H21BrN2O2. The van der Waals surface area contributed by atoms with Crippen molar-refractivity contribution in [2.24, 2.45) is 5.73 Å². The van der Waals surface area contributed by atoms with Crippen molar-refractivity contribution < 1.29 is 9.59 Å². The summed E-state index contributed by atoms with van der Waals surface area (Å²) < 4.78 is 0.961. The Balaban J connectivity index is 2.49. The zero-order chi connectivity index (χ0) is 15.0. The molecule has 1 aliphatic heterocycles. The number of hydrogen-bond donors (Lipinski definition) is 1. The predicted octanol–water partition coefficient (Wildman–Crippen LogP) is 2.66. The minimum absolute atomic E-state index is 0.0195. The van der Waals surface area contributed by atoms with E-state index in [1.165, 1.54) is 0 Å². The highest BCUT2D eigenvalue weighted by atomic mass is 79.9. The first-order valence-corrected chi connectivity index (χ1v) is 7.56. The second-order valence-corrected chi connectivity index (χ2v) is 5.85. The van der Waals surface area contributed by atoms with Gasteiger partial charge in [-0.2, -0.15) is 0 Å². The molecule has 2 amide bonds. The number of rotatable bonds is 6. The standard InChI is InChI=1S/C15H21BrN2O2/c1-12-10-13(16)6-5-8-15(20)18(11-12)9-4-2-3-7-14(17)19/h5-6,8,10H,2-4,7,9,11H2,1H3,(H2,17,19)/b8-5+,12-10+,13-6+. The molecule has 0 atom stereocenters. The van der Waals surface area contributed by atoms with Crippen molar-refractivity contribution in [3.8, 4) is 0 Å². The number of unbranched alkanes of at least 4 members (excludes halogenated alkanes) is 2. The van der Waals surface area contributed by atoms with Gasteiger partial charge in [-0.15, -0.1) is 0 Å². The number of hydrogen-bond acceptors (Lipinski definition) is 2. The molecule has 20 heavy (non-hydrogen) atoms. The highest BCUT2D eigenvalue weighted by Crippen LogP contribution is 2.14. The monoisotopic (exact) mass is 340 g/mol. The first-order valence-electron chi connectivity index (χ1n) is 6.77. The summed E-state index contributed by atoms with van der Waals surface area (Å²) in [5.41, 5.74) is 6.22. The van der Waals surface area contributed by atoms with Crippen LogP contribution in [-0.4, -0.2) is 29.8 Å². The number of halogens is 1. The van der Waals surface area contributed by atoms with Gasteiger partial charge >= 0.3 is 0 Å². The largest absolute Gasteiger partial charge is 0.370 e. The van der Waals surface area contributed by atoms with Crippen molar-refractivity contribution >= 4 is 27.7 Å². The highest BCUT2D eigenvalue weighted by molar-refractivity contribution is 9.11. The first kappa shape index (κ1) is 16.7. The number of carbonyl (C=O) groups excluding carboxylic acids is 2. The Labute approximate surface area is 128 Å². The third-order valence-electron chi connectivity index (χ3n) is 2.98. The molecule has 2 N–H and O–H groups in total. The average molecular weight is 341 g/mol. The van der Waals surface area contributed by atoms with Gasteiger partial charge < -0.3 is 10.6 Å². The van der Waals surface area contributed by atoms with Crippen LogP contribution in [0.1, 0.15) is 32.6 Å². The van der Waals surface area contributed by atoms with E-state index in [4.69, 9.17) is 5.73 Å². The summed E-state index contributed by atoms with van der Waals surface area (Å²) in [5.74, 6) is -0.243. The lowest BCUT2D eigenvalue weighted by molar-refractivity contribution is -0.125. The van der Waals surface area contributed by atoms with Gasteiger partial charge in [-0.3, -0.25) is 9.59 Å². The fourth-order valence-corrected chi connectivity index (χ4v) is 2.55. The molecule has 0 aromatic carbocycles. The minimum atomic E-state index is -0.263. The Bertz CT molecular complexity index is 453. The van der Waals surface area contributed by atoms with Crippen LogP contribution in [-0.2, 0) is 9.59 Å². The number of carbonyl (C=O) groups is 2. The van der Waals surface area contributed by atoms with E-state index in [9.17, 15) is 9.59 Å². The van der Waals surface area contributed by atoms with Gasteiger partial charge in [0.25, 0.3) is 0 Å². The summed E-state index contributed by atoms with van der Waals surface area (Å²) in [4.78, 5) is 24.5. The summed E-state index contributed by atoms with van der Waals surface area (Å²) in [6.07, 6.45) is 10.2. The average Bonchev–Trinajstić information content (AvgIpc) is 2.40. The molecule has 0 fully saturated rings. The maximum atomic E-state index is 12.0. The molecule has 5 heteroatoms. The van der Waals surface area contributed by atoms with E-state index in [2.05, 4.69) is 15.9 Å². The summed E-state index contributed by atoms with van der Waals surface area (Å²) in [5, 5.41) is 0. The summed E-state index contributed by atoms with van der Waals surface area (Å²) in [6.45, 7) is 3.33. The van der Waals surface area contributed by atoms with Gasteiger partial charge in [-0.05, 0) is 31.9 Å². The maximum Gasteiger partial charge on any atom is 0.246 e. The molecule has 0 radical (unpaired) electrons. The lowest BCUT2D eigenvalue weighted by atomic mass is 10.1. The second kappa shape index (κ2) is 8.74. The Morgan fingerprint density at radius 3 is 2.85 bits per heavy atom. The van der Waals surface area contributed by atoms with Crippen molar-refractivity contribution in [1.29, 1.82) is 0 Å². The van der Waals surface area contributed by atoms with Gasteiger partial charge in [-0.1, -0.05) is 34.0 Å². The third kappa shape index (κ3) is 6.70. The number of nitrogens with zero attached hydrogens (tertiary/aromatic N) is 1. The summed E-state index contributed by atoms with van der Waals surface area (Å²) in [6, 6.07) is 0. The summed E-state index contributed by atoms with van der Waals surface area (Å²) in [7, 11) is 0. The van der Waals surface area contributed by atoms with Crippen LogP contribution in [0.2, 0.25) is 0 Å². The molecule has 1 rings (SSSR count). The Kier molecular flexibility index (Phi) is 7.30. The van der Waals surface area contributed by atoms with Gasteiger partial charge in [0, 0.05) is 30.1 Å². The molecule has 0 saturated heterocycles. The zero-order valence-electron chi connectivity index (χ0n) is 11.8. The van der Waals surface area contributed by atoms with Gasteiger partial charge in [0.05, 0.1) is 0 Å². The zero-order valence-corrected chi connectivity index (χ0v) is 13.4. The van der Waals surface area contributed by atoms with E-state index in [0.29, 0.717) is 19.5 Å². The molecular weight excluding hydrogens is 320 g/mol. The summed E-state index contributed by atoms with van der Waals surface area (Å²) >= 11 is 3.43. The molecule has 0 bridgehead atoms. The Morgan fingerprint density at radius 1 is 1.40 bits per heavy atom. The van der Waals surface area contributed by atoms with Crippen LogP contribution in [0.5, 0.6) is 0 Å². The second-order valence-electron chi connectivity index (χ2n) is 4.94. The van der Waals surface area contributed by atoms with Crippen LogP contribution in [0.25, 0.3) is 0 Å². The van der Waals surface area contributed by atoms with Crippen LogP contribution in [0.15, 0.2) is 34.4 Å². The molecule has 0 aliphatic carbocycles. The van der Waals surface area contributed by atoms with Gasteiger partial charge in [0.15, 0.2) is 0 Å². The quantitative estimate of drug-likeness (QED) is 0.755. The van der Waals surface area contributed by atoms with Gasteiger partial charge in [0.2, 0.25) is 11.8 Å². The van der Waals surface area contributed by atoms with E-state index in [1.807, 2.05) is 24.0 Å². The third-order valence-corrected chi connectivity index (χ3v) is 3.47. The highest BCUT2D eigenvalue weighted by Gasteiger charge is 2.11. The lowest BCUT2D eigenvalue weighted by Crippen LogP contribution is -2.32. The SMILES string of the molecule is C\C1=C/C(Br)=C\C=C\C(=O)N(CCCCCC(N)=O)C1. The molecule has 110 valence electrons. The van der Waals surface area contributed by atoms with Gasteiger partial charge in [-0.25, -0.2) is 0 Å². The van der Waals surface area contributed by atoms with Crippen LogP contribution in [0, 0.1) is 0 Å².